The van der Waals surface area contributed by atoms with Crippen LogP contribution in [0.3, 0.4) is 0 Å². The molecule has 4 nitrogen and oxygen atoms in total. The Hall–Kier alpha value is -2.62. The van der Waals surface area contributed by atoms with Crippen molar-refractivity contribution >= 4 is 22.8 Å². The Bertz CT molecular complexity index is 711. The summed E-state index contributed by atoms with van der Waals surface area (Å²) in [4.78, 5) is 12.4. The molecular formula is C17H18N4. The minimum atomic E-state index is 0.678. The summed E-state index contributed by atoms with van der Waals surface area (Å²) in [6.45, 7) is 2.76. The lowest BCUT2D eigenvalue weighted by Crippen LogP contribution is -2.12. The van der Waals surface area contributed by atoms with Gasteiger partial charge in [0.25, 0.3) is 0 Å². The molecule has 2 aromatic carbocycles. The van der Waals surface area contributed by atoms with E-state index in [1.165, 1.54) is 5.56 Å². The third-order valence-electron chi connectivity index (χ3n) is 3.28. The van der Waals surface area contributed by atoms with Crippen molar-refractivity contribution in [3.05, 3.63) is 60.2 Å². The highest BCUT2D eigenvalue weighted by Crippen LogP contribution is 2.13. The first-order chi connectivity index (χ1) is 10.3. The van der Waals surface area contributed by atoms with Gasteiger partial charge in [-0.15, -0.1) is 0 Å². The molecule has 0 aliphatic heterocycles. The molecule has 2 N–H and O–H groups in total. The zero-order valence-corrected chi connectivity index (χ0v) is 12.0. The van der Waals surface area contributed by atoms with Gasteiger partial charge in [0.15, 0.2) is 0 Å². The largest absolute Gasteiger partial charge is 0.324 e. The Kier molecular flexibility index (Phi) is 3.96. The highest BCUT2D eigenvalue weighted by atomic mass is 15.1. The zero-order valence-electron chi connectivity index (χ0n) is 12.0. The van der Waals surface area contributed by atoms with Crippen LogP contribution >= 0.6 is 0 Å². The summed E-state index contributed by atoms with van der Waals surface area (Å²) in [5.41, 5.74) is 3.19. The Morgan fingerprint density at radius 2 is 1.86 bits per heavy atom. The molecule has 1 heterocycles. The van der Waals surface area contributed by atoms with Gasteiger partial charge in [-0.1, -0.05) is 49.4 Å². The standard InChI is InChI=1S/C17H18N4/c1-2-16(18-12-13-8-4-3-5-9-13)21-17-19-14-10-6-7-11-15(14)20-17/h3-11H,2,12H2,1H3,(H2,18,19,20,21). The van der Waals surface area contributed by atoms with Gasteiger partial charge in [-0.25, -0.2) is 4.98 Å². The smallest absolute Gasteiger partial charge is 0.206 e. The molecule has 4 heteroatoms. The van der Waals surface area contributed by atoms with Gasteiger partial charge in [-0.2, -0.15) is 0 Å². The predicted octanol–water partition coefficient (Wildman–Crippen LogP) is 3.98. The number of anilines is 1. The van der Waals surface area contributed by atoms with Gasteiger partial charge >= 0.3 is 0 Å². The maximum absolute atomic E-state index is 4.62. The first kappa shape index (κ1) is 13.4. The minimum absolute atomic E-state index is 0.678. The molecule has 0 saturated heterocycles. The molecule has 0 atom stereocenters. The first-order valence-corrected chi connectivity index (χ1v) is 7.14. The topological polar surface area (TPSA) is 53.1 Å². The van der Waals surface area contributed by atoms with Crippen molar-refractivity contribution in [3.63, 3.8) is 0 Å². The van der Waals surface area contributed by atoms with E-state index in [9.17, 15) is 0 Å². The molecule has 0 bridgehead atoms. The number of aliphatic imine (C=N–C) groups is 1. The highest BCUT2D eigenvalue weighted by Gasteiger charge is 2.03. The number of hydrogen-bond acceptors (Lipinski definition) is 2. The molecule has 21 heavy (non-hydrogen) atoms. The number of rotatable bonds is 4. The van der Waals surface area contributed by atoms with Crippen LogP contribution in [0.25, 0.3) is 11.0 Å². The molecule has 0 spiro atoms. The third kappa shape index (κ3) is 3.28. The van der Waals surface area contributed by atoms with Crippen molar-refractivity contribution in [2.24, 2.45) is 4.99 Å². The fourth-order valence-corrected chi connectivity index (χ4v) is 2.16. The Morgan fingerprint density at radius 1 is 1.10 bits per heavy atom. The Balaban J connectivity index is 1.74. The van der Waals surface area contributed by atoms with E-state index >= 15 is 0 Å². The van der Waals surface area contributed by atoms with Gasteiger partial charge in [0, 0.05) is 6.42 Å². The second-order valence-electron chi connectivity index (χ2n) is 4.83. The van der Waals surface area contributed by atoms with Gasteiger partial charge < -0.3 is 10.3 Å². The van der Waals surface area contributed by atoms with Gasteiger partial charge in [0.2, 0.25) is 5.95 Å². The molecule has 3 rings (SSSR count). The molecule has 1 aromatic heterocycles. The summed E-state index contributed by atoms with van der Waals surface area (Å²) in [5, 5.41) is 3.27. The lowest BCUT2D eigenvalue weighted by molar-refractivity contribution is 1.04. The monoisotopic (exact) mass is 278 g/mol. The predicted molar refractivity (Wildman–Crippen MR) is 87.6 cm³/mol. The summed E-state index contributed by atoms with van der Waals surface area (Å²) >= 11 is 0. The first-order valence-electron chi connectivity index (χ1n) is 7.14. The second kappa shape index (κ2) is 6.22. The molecule has 0 saturated carbocycles. The quantitative estimate of drug-likeness (QED) is 0.560. The van der Waals surface area contributed by atoms with Crippen LogP contribution in [0.5, 0.6) is 0 Å². The summed E-state index contributed by atoms with van der Waals surface area (Å²) in [6, 6.07) is 18.2. The third-order valence-corrected chi connectivity index (χ3v) is 3.28. The van der Waals surface area contributed by atoms with Gasteiger partial charge in [0.1, 0.15) is 5.84 Å². The number of fused-ring (bicyclic) bond motifs is 1. The van der Waals surface area contributed by atoms with Crippen molar-refractivity contribution in [1.82, 2.24) is 9.97 Å². The fourth-order valence-electron chi connectivity index (χ4n) is 2.16. The number of nitrogens with one attached hydrogen (secondary N) is 2. The van der Waals surface area contributed by atoms with Crippen LogP contribution in [0, 0.1) is 0 Å². The normalized spacial score (nSPS) is 11.8. The van der Waals surface area contributed by atoms with Crippen molar-refractivity contribution in [1.29, 1.82) is 0 Å². The van der Waals surface area contributed by atoms with Crippen LogP contribution in [-0.4, -0.2) is 15.8 Å². The lowest BCUT2D eigenvalue weighted by atomic mass is 10.2. The highest BCUT2D eigenvalue weighted by molar-refractivity contribution is 5.95. The average Bonchev–Trinajstić information content (AvgIpc) is 2.94. The van der Waals surface area contributed by atoms with Crippen LogP contribution in [-0.2, 0) is 6.54 Å². The summed E-state index contributed by atoms with van der Waals surface area (Å²) < 4.78 is 0. The number of imidazole rings is 1. The van der Waals surface area contributed by atoms with Crippen molar-refractivity contribution in [2.45, 2.75) is 19.9 Å². The number of aromatic nitrogens is 2. The lowest BCUT2D eigenvalue weighted by Gasteiger charge is -2.05. The number of H-pyrrole nitrogens is 1. The molecule has 3 aromatic rings. The maximum atomic E-state index is 4.62. The molecule has 0 aliphatic rings. The number of nitrogens with zero attached hydrogens (tertiary/aromatic N) is 2. The Labute approximate surface area is 124 Å². The van der Waals surface area contributed by atoms with E-state index in [1.807, 2.05) is 42.5 Å². The summed E-state index contributed by atoms with van der Waals surface area (Å²) in [7, 11) is 0. The molecule has 0 fully saturated rings. The van der Waals surface area contributed by atoms with E-state index in [-0.39, 0.29) is 0 Å². The molecule has 0 amide bonds. The van der Waals surface area contributed by atoms with Crippen LogP contribution in [0.4, 0.5) is 5.95 Å². The van der Waals surface area contributed by atoms with Crippen molar-refractivity contribution in [2.75, 3.05) is 5.32 Å². The van der Waals surface area contributed by atoms with Crippen LogP contribution < -0.4 is 5.32 Å². The second-order valence-corrected chi connectivity index (χ2v) is 4.83. The van der Waals surface area contributed by atoms with Crippen LogP contribution in [0.2, 0.25) is 0 Å². The molecule has 0 aliphatic carbocycles. The summed E-state index contributed by atoms with van der Waals surface area (Å²) in [5.74, 6) is 1.67. The van der Waals surface area contributed by atoms with Crippen molar-refractivity contribution in [3.8, 4) is 0 Å². The van der Waals surface area contributed by atoms with E-state index in [0.717, 1.165) is 29.2 Å². The zero-order chi connectivity index (χ0) is 14.5. The van der Waals surface area contributed by atoms with E-state index in [1.54, 1.807) is 0 Å². The molecule has 106 valence electrons. The van der Waals surface area contributed by atoms with Gasteiger partial charge in [-0.3, -0.25) is 4.99 Å². The van der Waals surface area contributed by atoms with Crippen molar-refractivity contribution < 1.29 is 0 Å². The number of amidine groups is 1. The minimum Gasteiger partial charge on any atom is -0.324 e. The van der Waals surface area contributed by atoms with Gasteiger partial charge in [-0.05, 0) is 17.7 Å². The number of benzene rings is 2. The van der Waals surface area contributed by atoms with E-state index in [0.29, 0.717) is 6.54 Å². The van der Waals surface area contributed by atoms with E-state index in [4.69, 9.17) is 0 Å². The fraction of sp³-hybridized carbons (Fsp3) is 0.176. The maximum Gasteiger partial charge on any atom is 0.206 e. The summed E-state index contributed by atoms with van der Waals surface area (Å²) in [6.07, 6.45) is 0.837. The molecular weight excluding hydrogens is 260 g/mol. The Morgan fingerprint density at radius 3 is 2.62 bits per heavy atom. The van der Waals surface area contributed by atoms with Gasteiger partial charge in [0.05, 0.1) is 17.6 Å². The van der Waals surface area contributed by atoms with E-state index in [2.05, 4.69) is 39.3 Å². The van der Waals surface area contributed by atoms with Crippen LogP contribution in [0.15, 0.2) is 59.6 Å². The number of hydrogen-bond donors (Lipinski definition) is 2. The number of para-hydroxylation sites is 2. The number of aromatic amines is 1. The average molecular weight is 278 g/mol. The molecule has 0 unspecified atom stereocenters. The molecule has 0 radical (unpaired) electrons. The van der Waals surface area contributed by atoms with E-state index < -0.39 is 0 Å². The SMILES string of the molecule is CCC(=NCc1ccccc1)Nc1nc2ccccc2[nH]1. The van der Waals surface area contributed by atoms with Crippen LogP contribution in [0.1, 0.15) is 18.9 Å².